The van der Waals surface area contributed by atoms with Crippen LogP contribution in [0.2, 0.25) is 0 Å². The van der Waals surface area contributed by atoms with Gasteiger partial charge in [0.2, 0.25) is 0 Å². The van der Waals surface area contributed by atoms with Crippen LogP contribution in [0.3, 0.4) is 0 Å². The van der Waals surface area contributed by atoms with Gasteiger partial charge in [-0.1, -0.05) is 33.1 Å². The van der Waals surface area contributed by atoms with Crippen LogP contribution < -0.4 is 5.32 Å². The van der Waals surface area contributed by atoms with Crippen molar-refractivity contribution in [3.05, 3.63) is 0 Å². The van der Waals surface area contributed by atoms with E-state index in [0.29, 0.717) is 12.1 Å². The molecule has 2 rings (SSSR count). The molecule has 0 bridgehead atoms. The van der Waals surface area contributed by atoms with Crippen molar-refractivity contribution < 1.29 is 4.74 Å². The molecular formula is C15H29NO. The lowest BCUT2D eigenvalue weighted by Gasteiger charge is -2.36. The van der Waals surface area contributed by atoms with E-state index in [4.69, 9.17) is 4.74 Å². The summed E-state index contributed by atoms with van der Waals surface area (Å²) in [6.45, 7) is 6.59. The van der Waals surface area contributed by atoms with Crippen molar-refractivity contribution in [2.75, 3.05) is 13.2 Å². The highest BCUT2D eigenvalue weighted by Gasteiger charge is 2.30. The first kappa shape index (κ1) is 13.4. The van der Waals surface area contributed by atoms with Gasteiger partial charge in [0.25, 0.3) is 0 Å². The summed E-state index contributed by atoms with van der Waals surface area (Å²) in [7, 11) is 0. The van der Waals surface area contributed by atoms with Gasteiger partial charge in [0.1, 0.15) is 0 Å². The van der Waals surface area contributed by atoms with E-state index < -0.39 is 0 Å². The minimum absolute atomic E-state index is 0.479. The fourth-order valence-corrected chi connectivity index (χ4v) is 3.06. The van der Waals surface area contributed by atoms with Crippen molar-refractivity contribution in [1.29, 1.82) is 0 Å². The van der Waals surface area contributed by atoms with Crippen LogP contribution >= 0.6 is 0 Å². The normalized spacial score (nSPS) is 33.9. The number of likely N-dealkylation sites (N-methyl/N-ethyl adjacent to an activating group) is 1. The molecule has 17 heavy (non-hydrogen) atoms. The second-order valence-electron chi connectivity index (χ2n) is 5.89. The number of ether oxygens (including phenoxy) is 1. The van der Waals surface area contributed by atoms with Gasteiger partial charge in [-0.05, 0) is 44.1 Å². The molecule has 0 aromatic rings. The van der Waals surface area contributed by atoms with Crippen molar-refractivity contribution in [2.45, 2.75) is 70.9 Å². The molecule has 3 unspecified atom stereocenters. The van der Waals surface area contributed by atoms with Gasteiger partial charge >= 0.3 is 0 Å². The van der Waals surface area contributed by atoms with Crippen LogP contribution in [-0.2, 0) is 4.74 Å². The zero-order valence-electron chi connectivity index (χ0n) is 11.6. The zero-order chi connectivity index (χ0) is 12.1. The van der Waals surface area contributed by atoms with E-state index in [2.05, 4.69) is 19.2 Å². The highest BCUT2D eigenvalue weighted by Crippen LogP contribution is 2.33. The molecule has 0 saturated heterocycles. The van der Waals surface area contributed by atoms with Gasteiger partial charge in [-0.25, -0.2) is 0 Å². The molecule has 0 spiro atoms. The van der Waals surface area contributed by atoms with Crippen molar-refractivity contribution in [1.82, 2.24) is 5.32 Å². The Balaban J connectivity index is 1.74. The van der Waals surface area contributed by atoms with Crippen molar-refractivity contribution in [2.24, 2.45) is 11.8 Å². The molecule has 2 fully saturated rings. The van der Waals surface area contributed by atoms with E-state index >= 15 is 0 Å². The van der Waals surface area contributed by atoms with Gasteiger partial charge in [0.15, 0.2) is 0 Å². The fourth-order valence-electron chi connectivity index (χ4n) is 3.06. The van der Waals surface area contributed by atoms with Gasteiger partial charge in [0.05, 0.1) is 6.10 Å². The summed E-state index contributed by atoms with van der Waals surface area (Å²) in [6.07, 6.45) is 9.96. The molecule has 100 valence electrons. The average molecular weight is 239 g/mol. The second-order valence-corrected chi connectivity index (χ2v) is 5.89. The Morgan fingerprint density at radius 2 is 1.82 bits per heavy atom. The standard InChI is InChI=1S/C15H29NO/c1-3-12-7-8-14(16-4-2)15(11-12)17-10-9-13-5-6-13/h12-16H,3-11H2,1-2H3. The summed E-state index contributed by atoms with van der Waals surface area (Å²) in [5.41, 5.74) is 0. The van der Waals surface area contributed by atoms with Crippen LogP contribution in [0.4, 0.5) is 0 Å². The lowest BCUT2D eigenvalue weighted by Crippen LogP contribution is -2.45. The first-order valence-electron chi connectivity index (χ1n) is 7.68. The van der Waals surface area contributed by atoms with Crippen LogP contribution in [0.1, 0.15) is 58.8 Å². The minimum Gasteiger partial charge on any atom is -0.377 e. The Hall–Kier alpha value is -0.0800. The van der Waals surface area contributed by atoms with Gasteiger partial charge in [-0.3, -0.25) is 0 Å². The Labute approximate surface area is 107 Å². The molecule has 0 heterocycles. The van der Waals surface area contributed by atoms with Gasteiger partial charge in [0, 0.05) is 12.6 Å². The molecule has 0 amide bonds. The van der Waals surface area contributed by atoms with Crippen molar-refractivity contribution in [3.8, 4) is 0 Å². The summed E-state index contributed by atoms with van der Waals surface area (Å²) >= 11 is 0. The van der Waals surface area contributed by atoms with E-state index in [1.807, 2.05) is 0 Å². The highest BCUT2D eigenvalue weighted by molar-refractivity contribution is 4.85. The van der Waals surface area contributed by atoms with Crippen LogP contribution in [0.15, 0.2) is 0 Å². The molecule has 2 aliphatic carbocycles. The maximum atomic E-state index is 6.17. The number of nitrogens with one attached hydrogen (secondary N) is 1. The lowest BCUT2D eigenvalue weighted by molar-refractivity contribution is -0.0124. The molecule has 0 aromatic carbocycles. The fraction of sp³-hybridized carbons (Fsp3) is 1.00. The van der Waals surface area contributed by atoms with Gasteiger partial charge < -0.3 is 10.1 Å². The SMILES string of the molecule is CCNC1CCC(CC)CC1OCCC1CC1. The molecule has 0 radical (unpaired) electrons. The van der Waals surface area contributed by atoms with Crippen LogP contribution in [0.25, 0.3) is 0 Å². The topological polar surface area (TPSA) is 21.3 Å². The molecule has 2 aliphatic rings. The Morgan fingerprint density at radius 3 is 2.47 bits per heavy atom. The third kappa shape index (κ3) is 4.26. The molecular weight excluding hydrogens is 210 g/mol. The third-order valence-corrected chi connectivity index (χ3v) is 4.50. The van der Waals surface area contributed by atoms with Crippen molar-refractivity contribution in [3.63, 3.8) is 0 Å². The van der Waals surface area contributed by atoms with E-state index in [1.54, 1.807) is 0 Å². The molecule has 3 atom stereocenters. The first-order valence-corrected chi connectivity index (χ1v) is 7.68. The van der Waals surface area contributed by atoms with Crippen LogP contribution in [0.5, 0.6) is 0 Å². The maximum Gasteiger partial charge on any atom is 0.0730 e. The molecule has 2 nitrogen and oxygen atoms in total. The Bertz CT molecular complexity index is 215. The quantitative estimate of drug-likeness (QED) is 0.735. The smallest absolute Gasteiger partial charge is 0.0730 e. The van der Waals surface area contributed by atoms with Crippen molar-refractivity contribution >= 4 is 0 Å². The molecule has 1 N–H and O–H groups in total. The van der Waals surface area contributed by atoms with Gasteiger partial charge in [-0.2, -0.15) is 0 Å². The number of hydrogen-bond donors (Lipinski definition) is 1. The molecule has 2 heteroatoms. The lowest BCUT2D eigenvalue weighted by atomic mass is 9.82. The molecule has 0 aliphatic heterocycles. The predicted molar refractivity (Wildman–Crippen MR) is 72.2 cm³/mol. The largest absolute Gasteiger partial charge is 0.377 e. The van der Waals surface area contributed by atoms with E-state index in [-0.39, 0.29) is 0 Å². The number of hydrogen-bond acceptors (Lipinski definition) is 2. The average Bonchev–Trinajstić information content (AvgIpc) is 3.15. The first-order chi connectivity index (χ1) is 8.33. The summed E-state index contributed by atoms with van der Waals surface area (Å²) < 4.78 is 6.17. The predicted octanol–water partition coefficient (Wildman–Crippen LogP) is 3.36. The minimum atomic E-state index is 0.479. The summed E-state index contributed by atoms with van der Waals surface area (Å²) in [5, 5.41) is 3.61. The molecule has 0 aromatic heterocycles. The van der Waals surface area contributed by atoms with Crippen LogP contribution in [-0.4, -0.2) is 25.3 Å². The summed E-state index contributed by atoms with van der Waals surface area (Å²) in [6, 6.07) is 0.613. The van der Waals surface area contributed by atoms with Crippen LogP contribution in [0, 0.1) is 11.8 Å². The molecule has 2 saturated carbocycles. The monoisotopic (exact) mass is 239 g/mol. The highest BCUT2D eigenvalue weighted by atomic mass is 16.5. The Kier molecular flexibility index (Phi) is 5.30. The summed E-state index contributed by atoms with van der Waals surface area (Å²) in [5.74, 6) is 1.90. The van der Waals surface area contributed by atoms with E-state index in [9.17, 15) is 0 Å². The second kappa shape index (κ2) is 6.75. The van der Waals surface area contributed by atoms with Gasteiger partial charge in [-0.15, -0.1) is 0 Å². The third-order valence-electron chi connectivity index (χ3n) is 4.50. The number of rotatable bonds is 7. The van der Waals surface area contributed by atoms with E-state index in [0.717, 1.165) is 25.0 Å². The van der Waals surface area contributed by atoms with E-state index in [1.165, 1.54) is 44.9 Å². The Morgan fingerprint density at radius 1 is 1.06 bits per heavy atom. The summed E-state index contributed by atoms with van der Waals surface area (Å²) in [4.78, 5) is 0. The zero-order valence-corrected chi connectivity index (χ0v) is 11.6. The maximum absolute atomic E-state index is 6.17.